The normalized spacial score (nSPS) is 17.0. The van der Waals surface area contributed by atoms with Crippen molar-refractivity contribution in [2.45, 2.75) is 25.8 Å². The van der Waals surface area contributed by atoms with Crippen molar-refractivity contribution in [3.8, 4) is 0 Å². The minimum atomic E-state index is -0.141. The van der Waals surface area contributed by atoms with Crippen molar-refractivity contribution < 1.29 is 4.79 Å². The van der Waals surface area contributed by atoms with Crippen LogP contribution < -0.4 is 11.1 Å². The highest BCUT2D eigenvalue weighted by Gasteiger charge is 2.22. The topological polar surface area (TPSA) is 58.4 Å². The van der Waals surface area contributed by atoms with Crippen LogP contribution in [0.4, 0.5) is 0 Å². The number of nitrogens with one attached hydrogen (secondary N) is 1. The molecule has 116 valence electrons. The number of halogens is 1. The Hall–Kier alpha value is -1.10. The van der Waals surface area contributed by atoms with Crippen LogP contribution in [-0.4, -0.2) is 37.0 Å². The van der Waals surface area contributed by atoms with Gasteiger partial charge < -0.3 is 16.0 Å². The van der Waals surface area contributed by atoms with Gasteiger partial charge in [0.25, 0.3) is 0 Å². The molecule has 1 amide bonds. The first-order valence-electron chi connectivity index (χ1n) is 7.62. The molecule has 1 aromatic carbocycles. The zero-order valence-electron chi connectivity index (χ0n) is 12.4. The van der Waals surface area contributed by atoms with E-state index >= 15 is 0 Å². The van der Waals surface area contributed by atoms with Crippen molar-refractivity contribution in [2.75, 3.05) is 26.2 Å². The molecule has 3 N–H and O–H groups in total. The minimum absolute atomic E-state index is 0.0854. The minimum Gasteiger partial charge on any atom is -0.369 e. The quantitative estimate of drug-likeness (QED) is 0.758. The van der Waals surface area contributed by atoms with Gasteiger partial charge in [-0.25, -0.2) is 0 Å². The number of nitrogens with zero attached hydrogens (tertiary/aromatic N) is 1. The number of primary amides is 1. The fourth-order valence-electron chi connectivity index (χ4n) is 2.75. The van der Waals surface area contributed by atoms with Crippen molar-refractivity contribution in [3.63, 3.8) is 0 Å². The second kappa shape index (κ2) is 8.37. The molecule has 1 heterocycles. The summed E-state index contributed by atoms with van der Waals surface area (Å²) in [7, 11) is 0. The maximum absolute atomic E-state index is 11.1. The molecule has 1 aliphatic heterocycles. The molecule has 1 aliphatic rings. The third-order valence-corrected chi connectivity index (χ3v) is 4.27. The van der Waals surface area contributed by atoms with Crippen LogP contribution >= 0.6 is 11.6 Å². The molecule has 21 heavy (non-hydrogen) atoms. The third kappa shape index (κ3) is 5.65. The highest BCUT2D eigenvalue weighted by atomic mass is 35.5. The molecule has 1 aromatic rings. The van der Waals surface area contributed by atoms with Gasteiger partial charge in [-0.1, -0.05) is 23.7 Å². The Morgan fingerprint density at radius 3 is 2.81 bits per heavy atom. The Balaban J connectivity index is 1.55. The molecule has 0 unspecified atom stereocenters. The van der Waals surface area contributed by atoms with Gasteiger partial charge in [0.2, 0.25) is 5.91 Å². The van der Waals surface area contributed by atoms with Gasteiger partial charge in [-0.3, -0.25) is 4.79 Å². The van der Waals surface area contributed by atoms with Crippen molar-refractivity contribution >= 4 is 17.5 Å². The van der Waals surface area contributed by atoms with E-state index in [0.717, 1.165) is 57.0 Å². The highest BCUT2D eigenvalue weighted by Crippen LogP contribution is 2.16. The summed E-state index contributed by atoms with van der Waals surface area (Å²) >= 11 is 5.95. The van der Waals surface area contributed by atoms with Crippen molar-refractivity contribution in [3.05, 3.63) is 34.9 Å². The van der Waals surface area contributed by atoms with E-state index in [0.29, 0.717) is 0 Å². The van der Waals surface area contributed by atoms with E-state index in [2.05, 4.69) is 16.3 Å². The molecule has 4 nitrogen and oxygen atoms in total. The number of hydrogen-bond acceptors (Lipinski definition) is 3. The summed E-state index contributed by atoms with van der Waals surface area (Å²) in [5.41, 5.74) is 6.55. The second-order valence-electron chi connectivity index (χ2n) is 5.68. The maximum atomic E-state index is 11.1. The van der Waals surface area contributed by atoms with E-state index in [1.165, 1.54) is 5.56 Å². The lowest BCUT2D eigenvalue weighted by Gasteiger charge is -2.30. The summed E-state index contributed by atoms with van der Waals surface area (Å²) in [4.78, 5) is 13.5. The van der Waals surface area contributed by atoms with Gasteiger partial charge in [0.15, 0.2) is 0 Å². The van der Waals surface area contributed by atoms with Crippen LogP contribution in [0.15, 0.2) is 24.3 Å². The Kier molecular flexibility index (Phi) is 6.49. The number of piperidine rings is 1. The Labute approximate surface area is 131 Å². The highest BCUT2D eigenvalue weighted by molar-refractivity contribution is 6.30. The van der Waals surface area contributed by atoms with Crippen LogP contribution in [0.25, 0.3) is 0 Å². The SMILES string of the molecule is NC(=O)C1CCN(CCCNCc2cccc(Cl)c2)CC1. The number of carbonyl (C=O) groups excluding carboxylic acids is 1. The van der Waals surface area contributed by atoms with Gasteiger partial charge in [0.05, 0.1) is 0 Å². The molecule has 2 rings (SSSR count). The van der Waals surface area contributed by atoms with Crippen LogP contribution in [0, 0.1) is 5.92 Å². The predicted molar refractivity (Wildman–Crippen MR) is 86.1 cm³/mol. The fraction of sp³-hybridized carbons (Fsp3) is 0.562. The van der Waals surface area contributed by atoms with Crippen LogP contribution in [0.5, 0.6) is 0 Å². The number of hydrogen-bond donors (Lipinski definition) is 2. The average Bonchev–Trinajstić information content (AvgIpc) is 2.47. The van der Waals surface area contributed by atoms with E-state index in [-0.39, 0.29) is 11.8 Å². The van der Waals surface area contributed by atoms with Gasteiger partial charge in [-0.05, 0) is 63.1 Å². The molecule has 5 heteroatoms. The summed E-state index contributed by atoms with van der Waals surface area (Å²) < 4.78 is 0. The molecule has 0 bridgehead atoms. The Morgan fingerprint density at radius 2 is 2.14 bits per heavy atom. The van der Waals surface area contributed by atoms with E-state index in [9.17, 15) is 4.79 Å². The van der Waals surface area contributed by atoms with Crippen molar-refractivity contribution in [1.82, 2.24) is 10.2 Å². The van der Waals surface area contributed by atoms with Crippen LogP contribution in [0.2, 0.25) is 5.02 Å². The van der Waals surface area contributed by atoms with Gasteiger partial charge >= 0.3 is 0 Å². The average molecular weight is 310 g/mol. The smallest absolute Gasteiger partial charge is 0.220 e. The number of carbonyl (C=O) groups is 1. The van der Waals surface area contributed by atoms with Crippen LogP contribution in [-0.2, 0) is 11.3 Å². The first-order valence-corrected chi connectivity index (χ1v) is 8.00. The van der Waals surface area contributed by atoms with E-state index in [1.807, 2.05) is 18.2 Å². The number of rotatable bonds is 7. The molecule has 0 atom stereocenters. The number of nitrogens with two attached hydrogens (primary N) is 1. The van der Waals surface area contributed by atoms with E-state index < -0.39 is 0 Å². The molecular formula is C16H24ClN3O. The lowest BCUT2D eigenvalue weighted by molar-refractivity contribution is -0.123. The molecule has 0 spiro atoms. The number of amides is 1. The summed E-state index contributed by atoms with van der Waals surface area (Å²) in [5, 5.41) is 4.22. The summed E-state index contributed by atoms with van der Waals surface area (Å²) in [6, 6.07) is 7.93. The molecule has 0 aliphatic carbocycles. The largest absolute Gasteiger partial charge is 0.369 e. The monoisotopic (exact) mass is 309 g/mol. The first-order chi connectivity index (χ1) is 10.1. The lowest BCUT2D eigenvalue weighted by atomic mass is 9.96. The Bertz CT molecular complexity index is 459. The zero-order valence-corrected chi connectivity index (χ0v) is 13.1. The molecule has 0 aromatic heterocycles. The zero-order chi connectivity index (χ0) is 15.1. The standard InChI is InChI=1S/C16H24ClN3O/c17-15-4-1-3-13(11-15)12-19-7-2-8-20-9-5-14(6-10-20)16(18)21/h1,3-4,11,14,19H,2,5-10,12H2,(H2,18,21). The maximum Gasteiger partial charge on any atom is 0.220 e. The molecule has 0 radical (unpaired) electrons. The number of benzene rings is 1. The third-order valence-electron chi connectivity index (χ3n) is 4.04. The summed E-state index contributed by atoms with van der Waals surface area (Å²) in [6.45, 7) is 4.89. The van der Waals surface area contributed by atoms with Crippen LogP contribution in [0.3, 0.4) is 0 Å². The van der Waals surface area contributed by atoms with E-state index in [4.69, 9.17) is 17.3 Å². The van der Waals surface area contributed by atoms with Crippen LogP contribution in [0.1, 0.15) is 24.8 Å². The van der Waals surface area contributed by atoms with Gasteiger partial charge in [0.1, 0.15) is 0 Å². The van der Waals surface area contributed by atoms with E-state index in [1.54, 1.807) is 0 Å². The van der Waals surface area contributed by atoms with Gasteiger partial charge in [-0.2, -0.15) is 0 Å². The molecule has 1 saturated heterocycles. The Morgan fingerprint density at radius 1 is 1.38 bits per heavy atom. The first kappa shape index (κ1) is 16.3. The molecule has 0 saturated carbocycles. The lowest BCUT2D eigenvalue weighted by Crippen LogP contribution is -2.39. The molecule has 1 fully saturated rings. The summed E-state index contributed by atoms with van der Waals surface area (Å²) in [5.74, 6) is -0.0555. The van der Waals surface area contributed by atoms with Gasteiger partial charge in [-0.15, -0.1) is 0 Å². The van der Waals surface area contributed by atoms with Crippen molar-refractivity contribution in [2.24, 2.45) is 11.7 Å². The van der Waals surface area contributed by atoms with Gasteiger partial charge in [0, 0.05) is 17.5 Å². The number of likely N-dealkylation sites (tertiary alicyclic amines) is 1. The van der Waals surface area contributed by atoms with Crippen molar-refractivity contribution in [1.29, 1.82) is 0 Å². The molecular weight excluding hydrogens is 286 g/mol. The second-order valence-corrected chi connectivity index (χ2v) is 6.11. The fourth-order valence-corrected chi connectivity index (χ4v) is 2.96. The predicted octanol–water partition coefficient (Wildman–Crippen LogP) is 2.02. The summed E-state index contributed by atoms with van der Waals surface area (Å²) in [6.07, 6.45) is 2.93.